The first kappa shape index (κ1) is 15.5. The van der Waals surface area contributed by atoms with Gasteiger partial charge in [-0.25, -0.2) is 9.37 Å². The third-order valence-corrected chi connectivity index (χ3v) is 4.49. The Balaban J connectivity index is 1.50. The first-order valence-corrected chi connectivity index (χ1v) is 8.19. The van der Waals surface area contributed by atoms with Crippen molar-refractivity contribution >= 4 is 5.91 Å². The van der Waals surface area contributed by atoms with Gasteiger partial charge in [-0.3, -0.25) is 9.89 Å². The molecule has 0 aliphatic heterocycles. The minimum atomic E-state index is -0.272. The lowest BCUT2D eigenvalue weighted by atomic mass is 10.1. The quantitative estimate of drug-likeness (QED) is 0.771. The van der Waals surface area contributed by atoms with Crippen molar-refractivity contribution in [2.24, 2.45) is 0 Å². The molecule has 1 aromatic heterocycles. The van der Waals surface area contributed by atoms with Crippen LogP contribution in [0.5, 0.6) is 0 Å². The largest absolute Gasteiger partial charge is 0.345 e. The number of carbonyl (C=O) groups is 1. The first-order chi connectivity index (χ1) is 12.1. The Bertz CT molecular complexity index is 933. The number of nitrogens with zero attached hydrogens (tertiary/aromatic N) is 2. The summed E-state index contributed by atoms with van der Waals surface area (Å²) in [5.74, 6) is 0.902. The van der Waals surface area contributed by atoms with Crippen LogP contribution >= 0.6 is 0 Å². The second-order valence-corrected chi connectivity index (χ2v) is 6.23. The molecule has 1 aliphatic rings. The number of aromatic nitrogens is 3. The van der Waals surface area contributed by atoms with Crippen molar-refractivity contribution < 1.29 is 9.18 Å². The highest BCUT2D eigenvalue weighted by Crippen LogP contribution is 2.31. The molecule has 0 radical (unpaired) electrons. The van der Waals surface area contributed by atoms with Crippen LogP contribution < -0.4 is 5.32 Å². The second-order valence-electron chi connectivity index (χ2n) is 6.23. The van der Waals surface area contributed by atoms with Gasteiger partial charge in [0.05, 0.1) is 6.04 Å². The van der Waals surface area contributed by atoms with Crippen molar-refractivity contribution in [3.8, 4) is 11.4 Å². The smallest absolute Gasteiger partial charge is 0.251 e. The normalized spacial score (nSPS) is 15.8. The Labute approximate surface area is 144 Å². The van der Waals surface area contributed by atoms with Crippen LogP contribution in [0.2, 0.25) is 0 Å². The highest BCUT2D eigenvalue weighted by Gasteiger charge is 2.24. The summed E-state index contributed by atoms with van der Waals surface area (Å²) in [6.45, 7) is 1.83. The van der Waals surface area contributed by atoms with Crippen molar-refractivity contribution in [2.75, 3.05) is 0 Å². The number of hydrogen-bond acceptors (Lipinski definition) is 3. The van der Waals surface area contributed by atoms with E-state index in [1.807, 2.05) is 19.1 Å². The van der Waals surface area contributed by atoms with E-state index in [4.69, 9.17) is 0 Å². The number of fused-ring (bicyclic) bond motifs is 1. The summed E-state index contributed by atoms with van der Waals surface area (Å²) < 4.78 is 13.5. The van der Waals surface area contributed by atoms with Gasteiger partial charge in [-0.2, -0.15) is 5.10 Å². The standard InChI is InChI=1S/C19H17FN4O/c1-11-21-18(24-23-11)13-2-4-14(5-3-13)19(25)22-17-9-7-12-6-8-15(20)10-16(12)17/h2-6,8,10,17H,7,9H2,1H3,(H,22,25)(H,21,23,24)/t17-/m1/s1. The van der Waals surface area contributed by atoms with Crippen LogP contribution in [0.1, 0.15) is 39.8 Å². The number of halogens is 1. The van der Waals surface area contributed by atoms with Crippen LogP contribution in [0.3, 0.4) is 0 Å². The maximum absolute atomic E-state index is 13.5. The number of aromatic amines is 1. The van der Waals surface area contributed by atoms with E-state index in [9.17, 15) is 9.18 Å². The van der Waals surface area contributed by atoms with Crippen LogP contribution in [0.25, 0.3) is 11.4 Å². The number of rotatable bonds is 3. The van der Waals surface area contributed by atoms with E-state index in [1.54, 1.807) is 18.2 Å². The zero-order chi connectivity index (χ0) is 17.4. The fourth-order valence-corrected chi connectivity index (χ4v) is 3.21. The molecule has 0 unspecified atom stereocenters. The van der Waals surface area contributed by atoms with Crippen LogP contribution in [0.4, 0.5) is 4.39 Å². The minimum absolute atomic E-state index is 0.145. The van der Waals surface area contributed by atoms with E-state index < -0.39 is 0 Å². The molecule has 4 rings (SSSR count). The van der Waals surface area contributed by atoms with Gasteiger partial charge < -0.3 is 5.32 Å². The fourth-order valence-electron chi connectivity index (χ4n) is 3.21. The van der Waals surface area contributed by atoms with Crippen LogP contribution in [-0.4, -0.2) is 21.1 Å². The molecule has 1 atom stereocenters. The summed E-state index contributed by atoms with van der Waals surface area (Å²) in [5, 5.41) is 9.90. The van der Waals surface area contributed by atoms with Crippen molar-refractivity contribution in [2.45, 2.75) is 25.8 Å². The topological polar surface area (TPSA) is 70.7 Å². The van der Waals surface area contributed by atoms with Crippen molar-refractivity contribution in [3.05, 3.63) is 70.8 Å². The van der Waals surface area contributed by atoms with Gasteiger partial charge in [0.25, 0.3) is 5.91 Å². The molecule has 0 saturated heterocycles. The maximum Gasteiger partial charge on any atom is 0.251 e. The molecule has 25 heavy (non-hydrogen) atoms. The lowest BCUT2D eigenvalue weighted by Crippen LogP contribution is -2.27. The zero-order valence-corrected chi connectivity index (χ0v) is 13.7. The third kappa shape index (κ3) is 3.03. The monoisotopic (exact) mass is 336 g/mol. The van der Waals surface area contributed by atoms with Gasteiger partial charge in [0.2, 0.25) is 0 Å². The number of hydrogen-bond donors (Lipinski definition) is 2. The Morgan fingerprint density at radius 1 is 1.24 bits per heavy atom. The molecule has 2 N–H and O–H groups in total. The molecule has 3 aromatic rings. The summed E-state index contributed by atoms with van der Waals surface area (Å²) >= 11 is 0. The first-order valence-electron chi connectivity index (χ1n) is 8.19. The van der Waals surface area contributed by atoms with Gasteiger partial charge in [-0.15, -0.1) is 0 Å². The molecule has 0 spiro atoms. The Kier molecular flexibility index (Phi) is 3.80. The fraction of sp³-hybridized carbons (Fsp3) is 0.211. The Morgan fingerprint density at radius 2 is 2.04 bits per heavy atom. The highest BCUT2D eigenvalue weighted by molar-refractivity contribution is 5.95. The molecule has 0 saturated carbocycles. The Morgan fingerprint density at radius 3 is 2.76 bits per heavy atom. The summed E-state index contributed by atoms with van der Waals surface area (Å²) in [6, 6.07) is 11.8. The summed E-state index contributed by atoms with van der Waals surface area (Å²) in [7, 11) is 0. The van der Waals surface area contributed by atoms with E-state index in [2.05, 4.69) is 20.5 Å². The number of benzene rings is 2. The van der Waals surface area contributed by atoms with Crippen molar-refractivity contribution in [1.29, 1.82) is 0 Å². The van der Waals surface area contributed by atoms with Gasteiger partial charge >= 0.3 is 0 Å². The average molecular weight is 336 g/mol. The van der Waals surface area contributed by atoms with Crippen LogP contribution in [0, 0.1) is 12.7 Å². The van der Waals surface area contributed by atoms with E-state index in [-0.39, 0.29) is 17.8 Å². The zero-order valence-electron chi connectivity index (χ0n) is 13.7. The van der Waals surface area contributed by atoms with E-state index >= 15 is 0 Å². The molecule has 1 aliphatic carbocycles. The average Bonchev–Trinajstić information content (AvgIpc) is 3.22. The van der Waals surface area contributed by atoms with Crippen LogP contribution in [0.15, 0.2) is 42.5 Å². The molecular weight excluding hydrogens is 319 g/mol. The number of carbonyl (C=O) groups excluding carboxylic acids is 1. The molecule has 6 heteroatoms. The number of amides is 1. The maximum atomic E-state index is 13.5. The molecule has 0 fully saturated rings. The number of nitrogens with one attached hydrogen (secondary N) is 2. The van der Waals surface area contributed by atoms with Gasteiger partial charge in [0.1, 0.15) is 11.6 Å². The van der Waals surface area contributed by atoms with Crippen molar-refractivity contribution in [3.63, 3.8) is 0 Å². The molecule has 0 bridgehead atoms. The molecule has 1 heterocycles. The van der Waals surface area contributed by atoms with E-state index in [0.717, 1.165) is 35.4 Å². The molecule has 2 aromatic carbocycles. The van der Waals surface area contributed by atoms with E-state index in [0.29, 0.717) is 11.4 Å². The summed E-state index contributed by atoms with van der Waals surface area (Å²) in [4.78, 5) is 16.8. The molecule has 5 nitrogen and oxygen atoms in total. The predicted molar refractivity (Wildman–Crippen MR) is 91.5 cm³/mol. The van der Waals surface area contributed by atoms with Crippen LogP contribution in [-0.2, 0) is 6.42 Å². The predicted octanol–water partition coefficient (Wildman–Crippen LogP) is 3.34. The molecule has 126 valence electrons. The number of H-pyrrole nitrogens is 1. The van der Waals surface area contributed by atoms with Gasteiger partial charge in [-0.1, -0.05) is 18.2 Å². The van der Waals surface area contributed by atoms with E-state index in [1.165, 1.54) is 12.1 Å². The van der Waals surface area contributed by atoms with Crippen molar-refractivity contribution in [1.82, 2.24) is 20.5 Å². The second kappa shape index (κ2) is 6.12. The van der Waals surface area contributed by atoms with Gasteiger partial charge in [-0.05, 0) is 55.2 Å². The third-order valence-electron chi connectivity index (χ3n) is 4.49. The number of aryl methyl sites for hydroxylation is 2. The van der Waals surface area contributed by atoms with Gasteiger partial charge in [0, 0.05) is 11.1 Å². The lowest BCUT2D eigenvalue weighted by Gasteiger charge is -2.14. The highest BCUT2D eigenvalue weighted by atomic mass is 19.1. The molecule has 1 amide bonds. The summed E-state index contributed by atoms with van der Waals surface area (Å²) in [5.41, 5.74) is 3.37. The Hall–Kier alpha value is -3.02. The minimum Gasteiger partial charge on any atom is -0.345 e. The summed E-state index contributed by atoms with van der Waals surface area (Å²) in [6.07, 6.45) is 1.64. The SMILES string of the molecule is Cc1nc(-c2ccc(C(=O)N[C@@H]3CCc4ccc(F)cc43)cc2)n[nH]1. The van der Waals surface area contributed by atoms with Gasteiger partial charge in [0.15, 0.2) is 5.82 Å². The molecular formula is C19H17FN4O. The lowest BCUT2D eigenvalue weighted by molar-refractivity contribution is 0.0936.